The maximum atomic E-state index is 5.21. The normalized spacial score (nSPS) is 25.0. The fourth-order valence-electron chi connectivity index (χ4n) is 4.91. The summed E-state index contributed by atoms with van der Waals surface area (Å²) in [6.45, 7) is 7.69. The van der Waals surface area contributed by atoms with Crippen molar-refractivity contribution in [2.24, 2.45) is 18.0 Å². The van der Waals surface area contributed by atoms with E-state index in [0.717, 1.165) is 68.3 Å². The van der Waals surface area contributed by atoms with E-state index < -0.39 is 0 Å². The zero-order valence-electron chi connectivity index (χ0n) is 18.7. The first-order chi connectivity index (χ1) is 14.2. The van der Waals surface area contributed by atoms with Gasteiger partial charge in [0.1, 0.15) is 12.4 Å². The Morgan fingerprint density at radius 1 is 1.20 bits per heavy atom. The molecule has 1 aromatic heterocycles. The van der Waals surface area contributed by atoms with Gasteiger partial charge in [-0.05, 0) is 57.9 Å². The van der Waals surface area contributed by atoms with Gasteiger partial charge in [0.2, 0.25) is 0 Å². The number of aromatic nitrogens is 3. The molecule has 1 aromatic rings. The Hall–Kier alpha value is -0.940. The third-order valence-electron chi connectivity index (χ3n) is 6.79. The fraction of sp³-hybridized carbons (Fsp3) is 0.857. The van der Waals surface area contributed by atoms with Crippen LogP contribution in [0.3, 0.4) is 0 Å². The van der Waals surface area contributed by atoms with Gasteiger partial charge in [0.15, 0.2) is 11.8 Å². The van der Waals surface area contributed by atoms with Crippen LogP contribution < -0.4 is 5.32 Å². The number of hydrogen-bond donors (Lipinski definition) is 1. The van der Waals surface area contributed by atoms with E-state index in [1.54, 1.807) is 7.11 Å². The van der Waals surface area contributed by atoms with Gasteiger partial charge in [-0.25, -0.2) is 4.99 Å². The van der Waals surface area contributed by atoms with Crippen LogP contribution in [0, 0.1) is 12.8 Å². The number of guanidine groups is 1. The summed E-state index contributed by atoms with van der Waals surface area (Å²) in [5.74, 6) is 3.61. The molecule has 2 saturated heterocycles. The zero-order valence-corrected chi connectivity index (χ0v) is 21.0. The standard InChI is InChI=1S/C21H37N7O.HI/c1-16-24-25-20(26(16)2)14-23-21(22-10-5-13-29-3)27-12-9-19-17(15-27)6-4-11-28(19)18-7-8-18;/h17-19H,4-15H2,1-3H3,(H,22,23);1H. The predicted molar refractivity (Wildman–Crippen MR) is 129 cm³/mol. The minimum absolute atomic E-state index is 0. The van der Waals surface area contributed by atoms with Crippen molar-refractivity contribution in [2.75, 3.05) is 39.9 Å². The number of hydrogen-bond acceptors (Lipinski definition) is 5. The van der Waals surface area contributed by atoms with E-state index in [2.05, 4.69) is 25.3 Å². The van der Waals surface area contributed by atoms with E-state index >= 15 is 0 Å². The van der Waals surface area contributed by atoms with Crippen LogP contribution in [0.5, 0.6) is 0 Å². The van der Waals surface area contributed by atoms with Crippen molar-refractivity contribution in [3.05, 3.63) is 11.6 Å². The van der Waals surface area contributed by atoms with E-state index in [0.29, 0.717) is 6.54 Å². The quantitative estimate of drug-likeness (QED) is 0.252. The average molecular weight is 531 g/mol. The smallest absolute Gasteiger partial charge is 0.194 e. The first kappa shape index (κ1) is 23.7. The summed E-state index contributed by atoms with van der Waals surface area (Å²) in [5, 5.41) is 12.0. The third kappa shape index (κ3) is 5.64. The van der Waals surface area contributed by atoms with Crippen LogP contribution in [0.25, 0.3) is 0 Å². The molecule has 8 nitrogen and oxygen atoms in total. The van der Waals surface area contributed by atoms with Crippen molar-refractivity contribution in [3.8, 4) is 0 Å². The Labute approximate surface area is 197 Å². The van der Waals surface area contributed by atoms with Crippen LogP contribution in [0.1, 0.15) is 50.2 Å². The van der Waals surface area contributed by atoms with Crippen molar-refractivity contribution >= 4 is 29.9 Å². The van der Waals surface area contributed by atoms with Gasteiger partial charge in [-0.15, -0.1) is 34.2 Å². The molecule has 0 spiro atoms. The van der Waals surface area contributed by atoms with Crippen LogP contribution in [0.4, 0.5) is 0 Å². The minimum Gasteiger partial charge on any atom is -0.385 e. The highest BCUT2D eigenvalue weighted by Crippen LogP contribution is 2.38. The molecule has 1 saturated carbocycles. The summed E-state index contributed by atoms with van der Waals surface area (Å²) in [7, 11) is 3.76. The number of fused-ring (bicyclic) bond motifs is 1. The molecule has 2 aliphatic heterocycles. The van der Waals surface area contributed by atoms with Gasteiger partial charge in [0, 0.05) is 52.5 Å². The van der Waals surface area contributed by atoms with E-state index in [9.17, 15) is 0 Å². The Morgan fingerprint density at radius 2 is 2.03 bits per heavy atom. The van der Waals surface area contributed by atoms with Gasteiger partial charge in [-0.3, -0.25) is 4.90 Å². The molecular weight excluding hydrogens is 493 g/mol. The molecule has 0 radical (unpaired) electrons. The van der Waals surface area contributed by atoms with Gasteiger partial charge in [-0.2, -0.15) is 0 Å². The second-order valence-corrected chi connectivity index (χ2v) is 8.81. The number of ether oxygens (including phenoxy) is 1. The third-order valence-corrected chi connectivity index (χ3v) is 6.79. The number of nitrogens with zero attached hydrogens (tertiary/aromatic N) is 6. The molecule has 170 valence electrons. The van der Waals surface area contributed by atoms with Gasteiger partial charge >= 0.3 is 0 Å². The van der Waals surface area contributed by atoms with Crippen molar-refractivity contribution in [3.63, 3.8) is 0 Å². The number of aliphatic imine (C=N–C) groups is 1. The molecule has 0 amide bonds. The molecule has 4 rings (SSSR count). The number of likely N-dealkylation sites (tertiary alicyclic amines) is 2. The fourth-order valence-corrected chi connectivity index (χ4v) is 4.91. The van der Waals surface area contributed by atoms with Gasteiger partial charge in [-0.1, -0.05) is 0 Å². The van der Waals surface area contributed by atoms with Crippen LogP contribution in [0.15, 0.2) is 4.99 Å². The molecular formula is C21H38IN7O. The topological polar surface area (TPSA) is 70.8 Å². The van der Waals surface area contributed by atoms with Gasteiger partial charge < -0.3 is 19.5 Å². The Morgan fingerprint density at radius 3 is 2.73 bits per heavy atom. The van der Waals surface area contributed by atoms with E-state index in [1.165, 1.54) is 38.6 Å². The highest BCUT2D eigenvalue weighted by Gasteiger charge is 2.42. The summed E-state index contributed by atoms with van der Waals surface area (Å²) < 4.78 is 7.23. The first-order valence-corrected chi connectivity index (χ1v) is 11.3. The lowest BCUT2D eigenvalue weighted by molar-refractivity contribution is 0.0369. The predicted octanol–water partition coefficient (Wildman–Crippen LogP) is 2.17. The average Bonchev–Trinajstić information content (AvgIpc) is 3.54. The lowest BCUT2D eigenvalue weighted by Crippen LogP contribution is -2.57. The molecule has 3 heterocycles. The van der Waals surface area contributed by atoms with Crippen LogP contribution >= 0.6 is 24.0 Å². The van der Waals surface area contributed by atoms with Gasteiger partial charge in [0.25, 0.3) is 0 Å². The lowest BCUT2D eigenvalue weighted by Gasteiger charge is -2.48. The Kier molecular flexibility index (Phi) is 8.76. The number of nitrogens with one attached hydrogen (secondary N) is 1. The molecule has 0 bridgehead atoms. The minimum atomic E-state index is 0. The monoisotopic (exact) mass is 531 g/mol. The maximum Gasteiger partial charge on any atom is 0.194 e. The first-order valence-electron chi connectivity index (χ1n) is 11.3. The SMILES string of the molecule is COCCCNC(=NCc1nnc(C)n1C)N1CCC2C(CCCN2C2CC2)C1.I. The summed E-state index contributed by atoms with van der Waals surface area (Å²) in [4.78, 5) is 10.3. The molecule has 9 heteroatoms. The highest BCUT2D eigenvalue weighted by atomic mass is 127. The molecule has 0 aromatic carbocycles. The van der Waals surface area contributed by atoms with Crippen molar-refractivity contribution in [1.82, 2.24) is 29.9 Å². The van der Waals surface area contributed by atoms with Gasteiger partial charge in [0.05, 0.1) is 0 Å². The van der Waals surface area contributed by atoms with Crippen molar-refractivity contribution in [1.29, 1.82) is 0 Å². The van der Waals surface area contributed by atoms with E-state index in [-0.39, 0.29) is 24.0 Å². The molecule has 2 atom stereocenters. The van der Waals surface area contributed by atoms with Crippen LogP contribution in [0.2, 0.25) is 0 Å². The number of methoxy groups -OCH3 is 1. The van der Waals surface area contributed by atoms with Crippen molar-refractivity contribution in [2.45, 2.75) is 64.1 Å². The highest BCUT2D eigenvalue weighted by molar-refractivity contribution is 14.0. The number of aryl methyl sites for hydroxylation is 1. The van der Waals surface area contributed by atoms with E-state index in [1.807, 2.05) is 18.5 Å². The molecule has 1 N–H and O–H groups in total. The summed E-state index contributed by atoms with van der Waals surface area (Å²) in [5.41, 5.74) is 0. The van der Waals surface area contributed by atoms with Crippen molar-refractivity contribution < 1.29 is 4.74 Å². The second kappa shape index (κ2) is 11.1. The van der Waals surface area contributed by atoms with E-state index in [4.69, 9.17) is 9.73 Å². The molecule has 30 heavy (non-hydrogen) atoms. The molecule has 3 aliphatic rings. The number of rotatable bonds is 7. The summed E-state index contributed by atoms with van der Waals surface area (Å²) in [6, 6.07) is 1.66. The number of piperidine rings is 2. The number of halogens is 1. The Bertz CT molecular complexity index is 706. The second-order valence-electron chi connectivity index (χ2n) is 8.81. The maximum absolute atomic E-state index is 5.21. The largest absolute Gasteiger partial charge is 0.385 e. The van der Waals surface area contributed by atoms with Crippen LogP contribution in [-0.2, 0) is 18.3 Å². The summed E-state index contributed by atoms with van der Waals surface area (Å²) in [6.07, 6.45) is 7.76. The molecule has 3 fully saturated rings. The zero-order chi connectivity index (χ0) is 20.2. The van der Waals surface area contributed by atoms with Crippen LogP contribution in [-0.4, -0.2) is 82.5 Å². The summed E-state index contributed by atoms with van der Waals surface area (Å²) >= 11 is 0. The Balaban J connectivity index is 0.00000256. The lowest BCUT2D eigenvalue weighted by atomic mass is 9.83. The molecule has 1 aliphatic carbocycles. The molecule has 2 unspecified atom stereocenters.